The number of rotatable bonds is 7. The van der Waals surface area contributed by atoms with E-state index in [1.54, 1.807) is 24.4 Å². The van der Waals surface area contributed by atoms with Crippen molar-refractivity contribution in [3.8, 4) is 6.07 Å². The van der Waals surface area contributed by atoms with Crippen LogP contribution in [0.2, 0.25) is 0 Å². The Morgan fingerprint density at radius 3 is 2.43 bits per heavy atom. The number of hydrogen-bond donors (Lipinski definition) is 3. The molecule has 1 aliphatic heterocycles. The minimum absolute atomic E-state index is 0.115. The van der Waals surface area contributed by atoms with Crippen molar-refractivity contribution in [2.45, 2.75) is 12.8 Å². The molecule has 0 aliphatic carbocycles. The maximum atomic E-state index is 13.3. The number of benzene rings is 2. The number of halogens is 1. The molecule has 1 aliphatic rings. The monoisotopic (exact) mass is 504 g/mol. The molecule has 2 amide bonds. The number of amides is 2. The minimum Gasteiger partial charge on any atom is -0.364 e. The van der Waals surface area contributed by atoms with E-state index in [0.29, 0.717) is 37.4 Å². The van der Waals surface area contributed by atoms with Crippen LogP contribution in [-0.2, 0) is 9.59 Å². The van der Waals surface area contributed by atoms with Crippen LogP contribution in [0.1, 0.15) is 18.5 Å². The number of aromatic amines is 1. The summed E-state index contributed by atoms with van der Waals surface area (Å²) in [6.07, 6.45) is 1.73. The van der Waals surface area contributed by atoms with Gasteiger partial charge in [-0.05, 0) is 60.4 Å². The highest BCUT2D eigenvalue weighted by Crippen LogP contribution is 2.50. The fourth-order valence-electron chi connectivity index (χ4n) is 3.64. The summed E-state index contributed by atoms with van der Waals surface area (Å²) < 4.78 is 14.0. The second kappa shape index (κ2) is 11.1. The lowest BCUT2D eigenvalue weighted by Gasteiger charge is -2.27. The van der Waals surface area contributed by atoms with Gasteiger partial charge < -0.3 is 15.6 Å². The summed E-state index contributed by atoms with van der Waals surface area (Å²) in [5, 5.41) is 15.7. The van der Waals surface area contributed by atoms with Gasteiger partial charge in [0.1, 0.15) is 5.82 Å². The number of allylic oxidation sites excluding steroid dienone is 2. The molecule has 35 heavy (non-hydrogen) atoms. The smallest absolute Gasteiger partial charge is 0.253 e. The minimum atomic E-state index is -0.628. The maximum Gasteiger partial charge on any atom is 0.253 e. The SMILES string of the molecule is CC1=C(C(=O)Nc2ccc(F)cc2)[C@H](c2ccc[nH]2)C(C#N)=C(SCC(=O)Nc2ccccc2)S1. The van der Waals surface area contributed by atoms with E-state index in [0.717, 1.165) is 0 Å². The van der Waals surface area contributed by atoms with Gasteiger partial charge in [0, 0.05) is 28.8 Å². The fourth-order valence-corrected chi connectivity index (χ4v) is 5.95. The highest BCUT2D eigenvalue weighted by Gasteiger charge is 2.35. The first kappa shape index (κ1) is 24.4. The van der Waals surface area contributed by atoms with E-state index < -0.39 is 11.7 Å². The predicted octanol–water partition coefficient (Wildman–Crippen LogP) is 6.00. The van der Waals surface area contributed by atoms with Crippen molar-refractivity contribution >= 4 is 46.7 Å². The number of H-pyrrole nitrogens is 1. The average molecular weight is 505 g/mol. The Bertz CT molecular complexity index is 1330. The first-order valence-corrected chi connectivity index (χ1v) is 12.5. The Kier molecular flexibility index (Phi) is 7.75. The molecule has 3 aromatic rings. The van der Waals surface area contributed by atoms with Gasteiger partial charge in [-0.3, -0.25) is 9.59 Å². The normalized spacial score (nSPS) is 15.5. The van der Waals surface area contributed by atoms with E-state index in [1.165, 1.54) is 47.8 Å². The molecule has 0 radical (unpaired) electrons. The Morgan fingerprint density at radius 2 is 1.77 bits per heavy atom. The van der Waals surface area contributed by atoms with Crippen LogP contribution in [0.15, 0.2) is 93.2 Å². The van der Waals surface area contributed by atoms with E-state index in [-0.39, 0.29) is 17.6 Å². The third-order valence-electron chi connectivity index (χ3n) is 5.21. The van der Waals surface area contributed by atoms with Gasteiger partial charge in [0.15, 0.2) is 0 Å². The van der Waals surface area contributed by atoms with Crippen LogP contribution in [0.3, 0.4) is 0 Å². The maximum absolute atomic E-state index is 13.3. The summed E-state index contributed by atoms with van der Waals surface area (Å²) in [5.41, 5.74) is 2.66. The third-order valence-corrected chi connectivity index (χ3v) is 7.64. The second-order valence-electron chi connectivity index (χ2n) is 7.61. The number of nitrogens with one attached hydrogen (secondary N) is 3. The molecule has 0 spiro atoms. The summed E-state index contributed by atoms with van der Waals surface area (Å²) in [4.78, 5) is 29.6. The first-order chi connectivity index (χ1) is 17.0. The molecule has 0 unspecified atom stereocenters. The number of thioether (sulfide) groups is 2. The number of carbonyl (C=O) groups excluding carboxylic acids is 2. The molecule has 2 heterocycles. The summed E-state index contributed by atoms with van der Waals surface area (Å²) in [7, 11) is 0. The number of anilines is 2. The van der Waals surface area contributed by atoms with Gasteiger partial charge in [-0.2, -0.15) is 5.26 Å². The van der Waals surface area contributed by atoms with Crippen LogP contribution in [0.25, 0.3) is 0 Å². The van der Waals surface area contributed by atoms with Gasteiger partial charge in [-0.25, -0.2) is 4.39 Å². The van der Waals surface area contributed by atoms with Crippen LogP contribution in [-0.4, -0.2) is 22.6 Å². The second-order valence-corrected chi connectivity index (χ2v) is 10.1. The van der Waals surface area contributed by atoms with E-state index >= 15 is 0 Å². The van der Waals surface area contributed by atoms with Crippen molar-refractivity contribution in [2.75, 3.05) is 16.4 Å². The molecular weight excluding hydrogens is 483 g/mol. The van der Waals surface area contributed by atoms with Gasteiger partial charge in [-0.1, -0.05) is 30.0 Å². The first-order valence-electron chi connectivity index (χ1n) is 10.7. The van der Waals surface area contributed by atoms with E-state index in [2.05, 4.69) is 21.7 Å². The van der Waals surface area contributed by atoms with Gasteiger partial charge in [0.05, 0.1) is 27.6 Å². The lowest BCUT2D eigenvalue weighted by Crippen LogP contribution is -2.24. The molecule has 0 bridgehead atoms. The quantitative estimate of drug-likeness (QED) is 0.366. The Balaban J connectivity index is 1.58. The highest BCUT2D eigenvalue weighted by atomic mass is 32.2. The Labute approximate surface area is 210 Å². The average Bonchev–Trinajstić information content (AvgIpc) is 3.39. The van der Waals surface area contributed by atoms with Gasteiger partial charge >= 0.3 is 0 Å². The zero-order chi connectivity index (χ0) is 24.8. The number of aromatic nitrogens is 1. The van der Waals surface area contributed by atoms with E-state index in [1.807, 2.05) is 31.2 Å². The standard InChI is InChI=1S/C26H21FN4O2S2/c1-16-23(25(33)31-19-11-9-17(27)10-12-19)24(21-8-5-13-29-21)20(14-28)26(35-16)34-15-22(32)30-18-6-3-2-4-7-18/h2-13,24,29H,15H2,1H3,(H,30,32)(H,31,33)/t24-/m0/s1. The summed E-state index contributed by atoms with van der Waals surface area (Å²) in [6.45, 7) is 1.82. The van der Waals surface area contributed by atoms with Crippen LogP contribution < -0.4 is 10.6 Å². The molecule has 2 aromatic carbocycles. The number of nitrogens with zero attached hydrogens (tertiary/aromatic N) is 1. The number of carbonyl (C=O) groups is 2. The predicted molar refractivity (Wildman–Crippen MR) is 139 cm³/mol. The topological polar surface area (TPSA) is 97.8 Å². The molecule has 0 saturated heterocycles. The van der Waals surface area contributed by atoms with Gasteiger partial charge in [-0.15, -0.1) is 11.8 Å². The zero-order valence-electron chi connectivity index (χ0n) is 18.7. The lowest BCUT2D eigenvalue weighted by atomic mass is 9.88. The largest absolute Gasteiger partial charge is 0.364 e. The van der Waals surface area contributed by atoms with Crippen molar-refractivity contribution in [2.24, 2.45) is 0 Å². The lowest BCUT2D eigenvalue weighted by molar-refractivity contribution is -0.114. The highest BCUT2D eigenvalue weighted by molar-refractivity contribution is 8.24. The Morgan fingerprint density at radius 1 is 1.06 bits per heavy atom. The van der Waals surface area contributed by atoms with Gasteiger partial charge in [0.25, 0.3) is 5.91 Å². The number of para-hydroxylation sites is 1. The molecule has 3 N–H and O–H groups in total. The van der Waals surface area contributed by atoms with Crippen molar-refractivity contribution in [1.29, 1.82) is 5.26 Å². The Hall–Kier alpha value is -3.74. The van der Waals surface area contributed by atoms with Crippen molar-refractivity contribution < 1.29 is 14.0 Å². The molecule has 6 nitrogen and oxygen atoms in total. The van der Waals surface area contributed by atoms with Gasteiger partial charge in [0.2, 0.25) is 5.91 Å². The van der Waals surface area contributed by atoms with Crippen molar-refractivity contribution in [3.05, 3.63) is 105 Å². The van der Waals surface area contributed by atoms with Crippen molar-refractivity contribution in [3.63, 3.8) is 0 Å². The fraction of sp³-hybridized carbons (Fsp3) is 0.115. The number of hydrogen-bond acceptors (Lipinski definition) is 5. The summed E-state index contributed by atoms with van der Waals surface area (Å²) >= 11 is 2.57. The molecule has 1 atom stereocenters. The molecule has 0 saturated carbocycles. The molecule has 4 rings (SSSR count). The molecular formula is C26H21FN4O2S2. The summed E-state index contributed by atoms with van der Waals surface area (Å²) in [6, 6.07) is 20.5. The third kappa shape index (κ3) is 5.85. The summed E-state index contributed by atoms with van der Waals surface area (Å²) in [5.74, 6) is -1.48. The molecule has 176 valence electrons. The van der Waals surface area contributed by atoms with Crippen LogP contribution in [0, 0.1) is 17.1 Å². The van der Waals surface area contributed by atoms with Crippen LogP contribution >= 0.6 is 23.5 Å². The number of nitriles is 1. The van der Waals surface area contributed by atoms with Crippen LogP contribution in [0.5, 0.6) is 0 Å². The molecule has 0 fully saturated rings. The van der Waals surface area contributed by atoms with Crippen molar-refractivity contribution in [1.82, 2.24) is 4.98 Å². The molecule has 9 heteroatoms. The zero-order valence-corrected chi connectivity index (χ0v) is 20.3. The van der Waals surface area contributed by atoms with Crippen LogP contribution in [0.4, 0.5) is 15.8 Å². The van der Waals surface area contributed by atoms with E-state index in [9.17, 15) is 19.2 Å². The van der Waals surface area contributed by atoms with E-state index in [4.69, 9.17) is 0 Å². The molecule has 1 aromatic heterocycles.